The maximum Gasteiger partial charge on any atom is 0.253 e. The number of imidazole rings is 1. The number of amides is 1. The lowest BCUT2D eigenvalue weighted by Crippen LogP contribution is -2.32. The number of hydrogen-bond donors (Lipinski definition) is 1. The predicted molar refractivity (Wildman–Crippen MR) is 187 cm³/mol. The van der Waals surface area contributed by atoms with Crippen LogP contribution in [-0.4, -0.2) is 53.8 Å². The Morgan fingerprint density at radius 2 is 1.29 bits per heavy atom. The number of benzene rings is 2. The lowest BCUT2D eigenvalue weighted by molar-refractivity contribution is 0.0751. The van der Waals surface area contributed by atoms with Crippen LogP contribution in [0.2, 0.25) is 0 Å². The number of nitrogens with zero attached hydrogens (tertiary/aromatic N) is 3. The molecule has 1 N–H and O–H groups in total. The summed E-state index contributed by atoms with van der Waals surface area (Å²) < 4.78 is 2.00. The number of carbonyl (C=O) groups is 2. The van der Waals surface area contributed by atoms with E-state index < -0.39 is 0 Å². The van der Waals surface area contributed by atoms with Crippen LogP contribution < -0.4 is 5.32 Å². The molecule has 0 aliphatic carbocycles. The van der Waals surface area contributed by atoms with Gasteiger partial charge in [-0.1, -0.05) is 119 Å². The van der Waals surface area contributed by atoms with E-state index in [0.29, 0.717) is 11.1 Å². The highest BCUT2D eigenvalue weighted by molar-refractivity contribution is 5.98. The molecule has 3 rings (SSSR count). The number of nitrogens with one attached hydrogen (secondary N) is 1. The maximum absolute atomic E-state index is 13.1. The molecule has 0 unspecified atom stereocenters. The van der Waals surface area contributed by atoms with E-state index in [4.69, 9.17) is 4.98 Å². The zero-order valence-corrected chi connectivity index (χ0v) is 29.4. The number of hydrogen-bond acceptors (Lipinski definition) is 4. The number of carbonyl (C=O) groups excluding carboxylic acids is 2. The number of fused-ring (bicyclic) bond motifs is 1. The third-order valence-corrected chi connectivity index (χ3v) is 5.78. The summed E-state index contributed by atoms with van der Waals surface area (Å²) in [7, 11) is 5.71. The second-order valence-electron chi connectivity index (χ2n) is 8.94. The SMILES string of the molecule is CC.CC.CC.CCCC.CCCCN(CCCC)C(=O)c1ccc2nc(-c3ccc(C=O)cc3)n(C)c2c1.CNC. The normalized spacial score (nSPS) is 9.17. The Kier molecular flexibility index (Phi) is 30.5. The average molecular weight is 585 g/mol. The molecule has 1 amide bonds. The van der Waals surface area contributed by atoms with Gasteiger partial charge in [-0.05, 0) is 45.1 Å². The summed E-state index contributed by atoms with van der Waals surface area (Å²) in [5.74, 6) is 0.905. The first kappa shape index (κ1) is 43.5. The van der Waals surface area contributed by atoms with E-state index in [1.807, 2.05) is 102 Å². The van der Waals surface area contributed by atoms with Gasteiger partial charge in [0.05, 0.1) is 11.0 Å². The van der Waals surface area contributed by atoms with E-state index in [-0.39, 0.29) is 5.91 Å². The minimum Gasteiger partial charge on any atom is -0.339 e. The van der Waals surface area contributed by atoms with Crippen molar-refractivity contribution in [3.63, 3.8) is 0 Å². The van der Waals surface area contributed by atoms with Crippen molar-refractivity contribution in [3.05, 3.63) is 53.6 Å². The molecular formula is C36H64N4O2. The Morgan fingerprint density at radius 1 is 0.810 bits per heavy atom. The van der Waals surface area contributed by atoms with Crippen molar-refractivity contribution in [2.45, 2.75) is 108 Å². The fourth-order valence-corrected chi connectivity index (χ4v) is 3.49. The van der Waals surface area contributed by atoms with Crippen LogP contribution >= 0.6 is 0 Å². The van der Waals surface area contributed by atoms with Crippen LogP contribution in [-0.2, 0) is 7.05 Å². The second-order valence-corrected chi connectivity index (χ2v) is 8.94. The van der Waals surface area contributed by atoms with Crippen LogP contribution in [0.15, 0.2) is 42.5 Å². The highest BCUT2D eigenvalue weighted by Crippen LogP contribution is 2.25. The molecule has 0 atom stereocenters. The predicted octanol–water partition coefficient (Wildman–Crippen LogP) is 9.82. The zero-order chi connectivity index (χ0) is 32.9. The van der Waals surface area contributed by atoms with Gasteiger partial charge in [0.1, 0.15) is 12.1 Å². The summed E-state index contributed by atoms with van der Waals surface area (Å²) in [5.41, 5.74) is 4.06. The van der Waals surface area contributed by atoms with Gasteiger partial charge in [0.25, 0.3) is 5.91 Å². The molecule has 0 radical (unpaired) electrons. The third kappa shape index (κ3) is 15.9. The minimum atomic E-state index is 0.0897. The van der Waals surface area contributed by atoms with Crippen molar-refractivity contribution in [2.24, 2.45) is 7.05 Å². The van der Waals surface area contributed by atoms with Crippen molar-refractivity contribution in [3.8, 4) is 11.4 Å². The van der Waals surface area contributed by atoms with Crippen molar-refractivity contribution in [1.29, 1.82) is 0 Å². The highest BCUT2D eigenvalue weighted by Gasteiger charge is 2.17. The van der Waals surface area contributed by atoms with Crippen LogP contribution in [0.3, 0.4) is 0 Å². The molecular weight excluding hydrogens is 520 g/mol. The third-order valence-electron chi connectivity index (χ3n) is 5.78. The van der Waals surface area contributed by atoms with Crippen LogP contribution in [0.5, 0.6) is 0 Å². The van der Waals surface area contributed by atoms with Gasteiger partial charge < -0.3 is 14.8 Å². The quantitative estimate of drug-likeness (QED) is 0.241. The molecule has 1 heterocycles. The van der Waals surface area contributed by atoms with Crippen molar-refractivity contribution >= 4 is 23.2 Å². The van der Waals surface area contributed by atoms with Gasteiger partial charge in [0.2, 0.25) is 0 Å². The van der Waals surface area contributed by atoms with Gasteiger partial charge in [-0.3, -0.25) is 9.59 Å². The molecule has 42 heavy (non-hydrogen) atoms. The molecule has 0 bridgehead atoms. The lowest BCUT2D eigenvalue weighted by atomic mass is 10.1. The van der Waals surface area contributed by atoms with Crippen molar-refractivity contribution < 1.29 is 9.59 Å². The van der Waals surface area contributed by atoms with Crippen molar-refractivity contribution in [2.75, 3.05) is 27.2 Å². The van der Waals surface area contributed by atoms with E-state index in [0.717, 1.165) is 67.5 Å². The topological polar surface area (TPSA) is 67.2 Å². The number of aryl methyl sites for hydroxylation is 1. The molecule has 0 aliphatic heterocycles. The van der Waals surface area contributed by atoms with Crippen LogP contribution in [0, 0.1) is 0 Å². The van der Waals surface area contributed by atoms with E-state index in [1.54, 1.807) is 12.1 Å². The summed E-state index contributed by atoms with van der Waals surface area (Å²) in [5, 5.41) is 2.75. The molecule has 0 saturated carbocycles. The molecule has 0 fully saturated rings. The Bertz CT molecular complexity index is 1030. The number of aromatic nitrogens is 2. The lowest BCUT2D eigenvalue weighted by Gasteiger charge is -2.22. The second kappa shape index (κ2) is 29.5. The first-order valence-corrected chi connectivity index (χ1v) is 16.3. The summed E-state index contributed by atoms with van der Waals surface area (Å²) in [6.07, 6.45) is 7.65. The molecule has 0 spiro atoms. The average Bonchev–Trinajstić information content (AvgIpc) is 3.39. The minimum absolute atomic E-state index is 0.0897. The first-order valence-electron chi connectivity index (χ1n) is 16.3. The first-order chi connectivity index (χ1) is 20.4. The fraction of sp³-hybridized carbons (Fsp3) is 0.583. The van der Waals surface area contributed by atoms with Crippen LogP contribution in [0.1, 0.15) is 128 Å². The Labute approximate surface area is 259 Å². The van der Waals surface area contributed by atoms with Crippen LogP contribution in [0.4, 0.5) is 0 Å². The Morgan fingerprint density at radius 3 is 1.69 bits per heavy atom. The monoisotopic (exact) mass is 585 g/mol. The molecule has 6 heteroatoms. The largest absolute Gasteiger partial charge is 0.339 e. The molecule has 0 aliphatic rings. The molecule has 1 aromatic heterocycles. The zero-order valence-electron chi connectivity index (χ0n) is 29.4. The van der Waals surface area contributed by atoms with Gasteiger partial charge in [-0.25, -0.2) is 4.98 Å². The molecule has 0 saturated heterocycles. The van der Waals surface area contributed by atoms with Gasteiger partial charge in [-0.15, -0.1) is 0 Å². The highest BCUT2D eigenvalue weighted by atomic mass is 16.2. The number of rotatable bonds is 10. The van der Waals surface area contributed by atoms with Gasteiger partial charge >= 0.3 is 0 Å². The fourth-order valence-electron chi connectivity index (χ4n) is 3.49. The summed E-state index contributed by atoms with van der Waals surface area (Å²) in [6.45, 7) is 22.3. The maximum atomic E-state index is 13.1. The van der Waals surface area contributed by atoms with Gasteiger partial charge in [0.15, 0.2) is 0 Å². The standard InChI is InChI=1S/C24H29N3O2.C4H10.C2H7N.3C2H6/c1-4-6-14-27(15-7-5-2)24(29)20-12-13-21-22(16-20)26(3)23(25-21)19-10-8-18(17-28)9-11-19;1-3-4-2;1-3-2;3*1-2/h8-13,16-17H,4-7,14-15H2,1-3H3;3-4H2,1-2H3;3H,1-2H3;3*1-2H3. The Hall–Kier alpha value is -2.99. The number of unbranched alkanes of at least 4 members (excludes halogenated alkanes) is 3. The molecule has 2 aromatic carbocycles. The van der Waals surface area contributed by atoms with E-state index in [1.165, 1.54) is 12.8 Å². The van der Waals surface area contributed by atoms with Gasteiger partial charge in [-0.2, -0.15) is 0 Å². The van der Waals surface area contributed by atoms with E-state index in [2.05, 4.69) is 33.0 Å². The molecule has 3 aromatic rings. The van der Waals surface area contributed by atoms with E-state index in [9.17, 15) is 9.59 Å². The summed E-state index contributed by atoms with van der Waals surface area (Å²) in [6, 6.07) is 13.1. The van der Waals surface area contributed by atoms with Crippen LogP contribution in [0.25, 0.3) is 22.4 Å². The molecule has 240 valence electrons. The molecule has 6 nitrogen and oxygen atoms in total. The smallest absolute Gasteiger partial charge is 0.253 e. The summed E-state index contributed by atoms with van der Waals surface area (Å²) in [4.78, 5) is 30.7. The number of aldehydes is 1. The van der Waals surface area contributed by atoms with E-state index >= 15 is 0 Å². The van der Waals surface area contributed by atoms with Gasteiger partial charge in [0, 0.05) is 36.8 Å². The van der Waals surface area contributed by atoms with Crippen molar-refractivity contribution in [1.82, 2.24) is 19.8 Å². The Balaban J connectivity index is -0.00000101. The summed E-state index contributed by atoms with van der Waals surface area (Å²) >= 11 is 0.